The lowest BCUT2D eigenvalue weighted by Crippen LogP contribution is -2.27. The van der Waals surface area contributed by atoms with Gasteiger partial charge in [-0.3, -0.25) is 4.79 Å². The predicted molar refractivity (Wildman–Crippen MR) is 87.6 cm³/mol. The van der Waals surface area contributed by atoms with Crippen molar-refractivity contribution in [2.75, 3.05) is 31.6 Å². The Kier molecular flexibility index (Phi) is 6.05. The molecule has 1 atom stereocenters. The molecule has 0 aliphatic carbocycles. The molecule has 1 heterocycles. The first-order valence-corrected chi connectivity index (χ1v) is 8.04. The fraction of sp³-hybridized carbons (Fsp3) is 0.588. The van der Waals surface area contributed by atoms with Crippen LogP contribution in [0.4, 0.5) is 5.69 Å². The van der Waals surface area contributed by atoms with Gasteiger partial charge in [0.1, 0.15) is 0 Å². The number of fused-ring (bicyclic) bond motifs is 1. The van der Waals surface area contributed by atoms with E-state index in [1.165, 1.54) is 24.1 Å². The third kappa shape index (κ3) is 4.21. The van der Waals surface area contributed by atoms with E-state index in [9.17, 15) is 4.79 Å². The minimum Gasteiger partial charge on any atom is -0.371 e. The average Bonchev–Trinajstić information content (AvgIpc) is 2.68. The summed E-state index contributed by atoms with van der Waals surface area (Å²) in [5, 5.41) is 6.28. The third-order valence-electron chi connectivity index (χ3n) is 4.13. The first-order valence-electron chi connectivity index (χ1n) is 8.04. The van der Waals surface area contributed by atoms with Crippen molar-refractivity contribution in [2.45, 2.75) is 38.6 Å². The normalized spacial score (nSPS) is 18.0. The van der Waals surface area contributed by atoms with Crippen LogP contribution < -0.4 is 15.5 Å². The van der Waals surface area contributed by atoms with Gasteiger partial charge in [-0.1, -0.05) is 25.1 Å². The second-order valence-corrected chi connectivity index (χ2v) is 5.58. The predicted octanol–water partition coefficient (Wildman–Crippen LogP) is 2.46. The van der Waals surface area contributed by atoms with Gasteiger partial charge < -0.3 is 15.5 Å². The topological polar surface area (TPSA) is 44.4 Å². The van der Waals surface area contributed by atoms with Crippen LogP contribution >= 0.6 is 0 Å². The van der Waals surface area contributed by atoms with Crippen LogP contribution in [0.1, 0.15) is 44.2 Å². The van der Waals surface area contributed by atoms with E-state index in [1.807, 2.05) is 0 Å². The second kappa shape index (κ2) is 8.03. The highest BCUT2D eigenvalue weighted by Gasteiger charge is 2.21. The number of benzene rings is 1. The summed E-state index contributed by atoms with van der Waals surface area (Å²) in [5.74, 6) is 0.128. The van der Waals surface area contributed by atoms with Gasteiger partial charge >= 0.3 is 0 Å². The fourth-order valence-corrected chi connectivity index (χ4v) is 3.08. The summed E-state index contributed by atoms with van der Waals surface area (Å²) in [7, 11) is 1.70. The van der Waals surface area contributed by atoms with E-state index in [2.05, 4.69) is 46.7 Å². The Balaban J connectivity index is 2.07. The minimum absolute atomic E-state index is 0.128. The van der Waals surface area contributed by atoms with Crippen LogP contribution in [0.2, 0.25) is 0 Å². The first-order chi connectivity index (χ1) is 10.3. The molecule has 0 saturated carbocycles. The van der Waals surface area contributed by atoms with E-state index in [0.717, 1.165) is 26.1 Å². The molecule has 0 saturated heterocycles. The standard InChI is InChI=1S/C17H27N3O/c1-3-19-15-9-6-12-20(13-7-11-17(21)18-2)16-10-5-4-8-14(15)16/h4-5,8,10,15,19H,3,6-7,9,11-13H2,1-2H3,(H,18,21). The van der Waals surface area contributed by atoms with E-state index in [1.54, 1.807) is 7.05 Å². The lowest BCUT2D eigenvalue weighted by atomic mass is 10.0. The maximum Gasteiger partial charge on any atom is 0.219 e. The summed E-state index contributed by atoms with van der Waals surface area (Å²) < 4.78 is 0. The molecule has 1 aliphatic rings. The lowest BCUT2D eigenvalue weighted by Gasteiger charge is -2.26. The van der Waals surface area contributed by atoms with Crippen molar-refractivity contribution < 1.29 is 4.79 Å². The molecule has 1 aliphatic heterocycles. The Hall–Kier alpha value is -1.55. The van der Waals surface area contributed by atoms with E-state index in [-0.39, 0.29) is 5.91 Å². The van der Waals surface area contributed by atoms with Crippen molar-refractivity contribution in [3.63, 3.8) is 0 Å². The molecule has 0 spiro atoms. The van der Waals surface area contributed by atoms with Gasteiger partial charge in [0, 0.05) is 38.3 Å². The molecule has 2 N–H and O–H groups in total. The van der Waals surface area contributed by atoms with Gasteiger partial charge in [0.25, 0.3) is 0 Å². The number of para-hydroxylation sites is 1. The zero-order valence-electron chi connectivity index (χ0n) is 13.2. The number of rotatable bonds is 6. The van der Waals surface area contributed by atoms with Crippen LogP contribution in [0, 0.1) is 0 Å². The van der Waals surface area contributed by atoms with Gasteiger partial charge in [0.2, 0.25) is 5.91 Å². The fourth-order valence-electron chi connectivity index (χ4n) is 3.08. The number of amides is 1. The smallest absolute Gasteiger partial charge is 0.219 e. The molecule has 4 heteroatoms. The summed E-state index contributed by atoms with van der Waals surface area (Å²) >= 11 is 0. The number of hydrogen-bond donors (Lipinski definition) is 2. The molecular weight excluding hydrogens is 262 g/mol. The largest absolute Gasteiger partial charge is 0.371 e. The maximum atomic E-state index is 11.4. The van der Waals surface area contributed by atoms with Gasteiger partial charge in [0.05, 0.1) is 0 Å². The van der Waals surface area contributed by atoms with Crippen LogP contribution in [0.5, 0.6) is 0 Å². The Morgan fingerprint density at radius 2 is 2.19 bits per heavy atom. The van der Waals surface area contributed by atoms with Crippen molar-refractivity contribution in [1.82, 2.24) is 10.6 Å². The minimum atomic E-state index is 0.128. The number of carbonyl (C=O) groups excluding carboxylic acids is 1. The van der Waals surface area contributed by atoms with Crippen molar-refractivity contribution >= 4 is 11.6 Å². The van der Waals surface area contributed by atoms with Crippen LogP contribution in [0.15, 0.2) is 24.3 Å². The first kappa shape index (κ1) is 15.8. The SMILES string of the molecule is CCNC1CCCN(CCCC(=O)NC)c2ccccc21. The van der Waals surface area contributed by atoms with E-state index in [4.69, 9.17) is 0 Å². The van der Waals surface area contributed by atoms with Crippen molar-refractivity contribution in [2.24, 2.45) is 0 Å². The zero-order chi connectivity index (χ0) is 15.1. The third-order valence-corrected chi connectivity index (χ3v) is 4.13. The lowest BCUT2D eigenvalue weighted by molar-refractivity contribution is -0.120. The molecule has 21 heavy (non-hydrogen) atoms. The van der Waals surface area contributed by atoms with Gasteiger partial charge in [-0.25, -0.2) is 0 Å². The van der Waals surface area contributed by atoms with Crippen LogP contribution in [-0.4, -0.2) is 32.6 Å². The van der Waals surface area contributed by atoms with Crippen molar-refractivity contribution in [1.29, 1.82) is 0 Å². The number of carbonyl (C=O) groups is 1. The van der Waals surface area contributed by atoms with Gasteiger partial charge in [-0.2, -0.15) is 0 Å². The quantitative estimate of drug-likeness (QED) is 0.845. The summed E-state index contributed by atoms with van der Waals surface area (Å²) in [6.45, 7) is 5.18. The molecule has 1 aromatic rings. The average molecular weight is 289 g/mol. The molecule has 1 aromatic carbocycles. The summed E-state index contributed by atoms with van der Waals surface area (Å²) in [6, 6.07) is 9.14. The van der Waals surface area contributed by atoms with Gasteiger partial charge in [0.15, 0.2) is 0 Å². The van der Waals surface area contributed by atoms with E-state index in [0.29, 0.717) is 12.5 Å². The number of nitrogens with zero attached hydrogens (tertiary/aromatic N) is 1. The molecule has 0 aromatic heterocycles. The molecule has 0 bridgehead atoms. The van der Waals surface area contributed by atoms with Crippen LogP contribution in [0.25, 0.3) is 0 Å². The van der Waals surface area contributed by atoms with E-state index >= 15 is 0 Å². The number of anilines is 1. The highest BCUT2D eigenvalue weighted by atomic mass is 16.1. The number of hydrogen-bond acceptors (Lipinski definition) is 3. The monoisotopic (exact) mass is 289 g/mol. The highest BCUT2D eigenvalue weighted by Crippen LogP contribution is 2.32. The Bertz CT molecular complexity index is 461. The molecular formula is C17H27N3O. The zero-order valence-corrected chi connectivity index (χ0v) is 13.2. The highest BCUT2D eigenvalue weighted by molar-refractivity contribution is 5.75. The Labute approximate surface area is 127 Å². The van der Waals surface area contributed by atoms with Crippen molar-refractivity contribution in [3.05, 3.63) is 29.8 Å². The molecule has 0 fully saturated rings. The van der Waals surface area contributed by atoms with E-state index < -0.39 is 0 Å². The Morgan fingerprint density at radius 3 is 2.95 bits per heavy atom. The summed E-state index contributed by atoms with van der Waals surface area (Å²) in [5.41, 5.74) is 2.73. The maximum absolute atomic E-state index is 11.4. The summed E-state index contributed by atoms with van der Waals surface area (Å²) in [4.78, 5) is 13.8. The van der Waals surface area contributed by atoms with Crippen molar-refractivity contribution in [3.8, 4) is 0 Å². The number of nitrogens with one attached hydrogen (secondary N) is 2. The second-order valence-electron chi connectivity index (χ2n) is 5.58. The van der Waals surface area contributed by atoms with Gasteiger partial charge in [-0.15, -0.1) is 0 Å². The van der Waals surface area contributed by atoms with Crippen LogP contribution in [-0.2, 0) is 4.79 Å². The molecule has 0 radical (unpaired) electrons. The molecule has 1 unspecified atom stereocenters. The van der Waals surface area contributed by atoms with Gasteiger partial charge in [-0.05, 0) is 37.4 Å². The summed E-state index contributed by atoms with van der Waals surface area (Å²) in [6.07, 6.45) is 3.87. The molecule has 4 nitrogen and oxygen atoms in total. The molecule has 2 rings (SSSR count). The molecule has 116 valence electrons. The molecule has 1 amide bonds. The van der Waals surface area contributed by atoms with Crippen LogP contribution in [0.3, 0.4) is 0 Å². The Morgan fingerprint density at radius 1 is 1.38 bits per heavy atom.